The van der Waals surface area contributed by atoms with Gasteiger partial charge in [0.25, 0.3) is 0 Å². The van der Waals surface area contributed by atoms with Crippen LogP contribution in [0.1, 0.15) is 32.4 Å². The average molecular weight is 283 g/mol. The lowest BCUT2D eigenvalue weighted by molar-refractivity contribution is -0.124. The van der Waals surface area contributed by atoms with E-state index in [0.717, 1.165) is 0 Å². The first-order valence-electron chi connectivity index (χ1n) is 6.11. The molecule has 1 rings (SSSR count). The number of hydrogen-bond donors (Lipinski definition) is 2. The average Bonchev–Trinajstić information content (AvgIpc) is 2.34. The highest BCUT2D eigenvalue weighted by atomic mass is 19.1. The number of Topliss-reactive ketones (excluding diaryl/α,β-unsaturated/α-hetero) is 1. The van der Waals surface area contributed by atoms with E-state index in [0.29, 0.717) is 5.56 Å². The van der Waals surface area contributed by atoms with Crippen LogP contribution < -0.4 is 5.32 Å². The summed E-state index contributed by atoms with van der Waals surface area (Å²) in [5.74, 6) is -1.07. The lowest BCUT2D eigenvalue weighted by atomic mass is 10.0. The topological polar surface area (TPSA) is 75.6 Å². The number of carbonyl (C=O) groups excluding carboxylic acids is 2. The molecule has 0 aromatic heterocycles. The van der Waals surface area contributed by atoms with Gasteiger partial charge in [0.15, 0.2) is 5.78 Å². The number of aliphatic hydroxyl groups excluding tert-OH is 1. The van der Waals surface area contributed by atoms with Crippen molar-refractivity contribution >= 4 is 11.9 Å². The zero-order valence-electron chi connectivity index (χ0n) is 11.6. The van der Waals surface area contributed by atoms with Crippen LogP contribution >= 0.6 is 0 Å². The number of amides is 1. The largest absolute Gasteiger partial charge is 0.444 e. The van der Waals surface area contributed by atoms with E-state index in [1.54, 1.807) is 20.8 Å². The van der Waals surface area contributed by atoms with Crippen LogP contribution in [-0.4, -0.2) is 29.2 Å². The van der Waals surface area contributed by atoms with Crippen molar-refractivity contribution < 1.29 is 23.8 Å². The Morgan fingerprint density at radius 2 is 1.85 bits per heavy atom. The van der Waals surface area contributed by atoms with Crippen molar-refractivity contribution in [3.05, 3.63) is 35.6 Å². The summed E-state index contributed by atoms with van der Waals surface area (Å²) in [6.45, 7) is 4.33. The van der Waals surface area contributed by atoms with Crippen LogP contribution in [0.15, 0.2) is 24.3 Å². The third-order valence-electron chi connectivity index (χ3n) is 2.34. The fourth-order valence-corrected chi connectivity index (χ4v) is 1.52. The molecule has 0 aliphatic carbocycles. The van der Waals surface area contributed by atoms with Gasteiger partial charge in [-0.25, -0.2) is 9.18 Å². The highest BCUT2D eigenvalue weighted by Crippen LogP contribution is 2.16. The van der Waals surface area contributed by atoms with E-state index < -0.39 is 35.9 Å². The molecule has 1 amide bonds. The Kier molecular flexibility index (Phi) is 5.21. The summed E-state index contributed by atoms with van der Waals surface area (Å²) in [4.78, 5) is 23.4. The Balaban J connectivity index is 2.88. The molecule has 1 atom stereocenters. The summed E-state index contributed by atoms with van der Waals surface area (Å²) in [6.07, 6.45) is -0.784. The number of benzene rings is 1. The van der Waals surface area contributed by atoms with Gasteiger partial charge in [-0.1, -0.05) is 12.1 Å². The van der Waals surface area contributed by atoms with Crippen LogP contribution in [0.3, 0.4) is 0 Å². The second kappa shape index (κ2) is 6.47. The molecule has 1 aromatic rings. The molecule has 6 heteroatoms. The molecule has 1 aromatic carbocycles. The van der Waals surface area contributed by atoms with Crippen molar-refractivity contribution in [1.82, 2.24) is 5.32 Å². The zero-order valence-corrected chi connectivity index (χ0v) is 11.6. The standard InChI is InChI=1S/C14H18FNO4/c1-14(2,3)20-13(19)16-12(11(18)8-17)9-4-6-10(15)7-5-9/h4-7,12,17H,8H2,1-3H3,(H,16,19)/t12-/m1/s1. The van der Waals surface area contributed by atoms with Crippen molar-refractivity contribution in [1.29, 1.82) is 0 Å². The molecule has 0 heterocycles. The summed E-state index contributed by atoms with van der Waals surface area (Å²) in [5.41, 5.74) is -0.337. The fourth-order valence-electron chi connectivity index (χ4n) is 1.52. The van der Waals surface area contributed by atoms with Crippen molar-refractivity contribution in [3.63, 3.8) is 0 Å². The molecule has 0 saturated heterocycles. The Morgan fingerprint density at radius 3 is 2.30 bits per heavy atom. The van der Waals surface area contributed by atoms with Crippen LogP contribution in [0, 0.1) is 5.82 Å². The van der Waals surface area contributed by atoms with Crippen LogP contribution in [-0.2, 0) is 9.53 Å². The molecule has 0 saturated carbocycles. The van der Waals surface area contributed by atoms with E-state index in [2.05, 4.69) is 5.32 Å². The van der Waals surface area contributed by atoms with E-state index in [-0.39, 0.29) is 0 Å². The molecular formula is C14H18FNO4. The number of alkyl carbamates (subject to hydrolysis) is 1. The monoisotopic (exact) mass is 283 g/mol. The highest BCUT2D eigenvalue weighted by molar-refractivity contribution is 5.89. The first-order chi connectivity index (χ1) is 9.23. The summed E-state index contributed by atoms with van der Waals surface area (Å²) < 4.78 is 17.9. The molecule has 0 radical (unpaired) electrons. The minimum atomic E-state index is -1.07. The maximum Gasteiger partial charge on any atom is 0.408 e. The Morgan fingerprint density at radius 1 is 1.30 bits per heavy atom. The van der Waals surface area contributed by atoms with Crippen LogP contribution in [0.2, 0.25) is 0 Å². The Hall–Kier alpha value is -1.95. The molecule has 20 heavy (non-hydrogen) atoms. The number of ether oxygens (including phenoxy) is 1. The molecule has 2 N–H and O–H groups in total. The maximum atomic E-state index is 12.9. The van der Waals surface area contributed by atoms with Crippen molar-refractivity contribution in [2.24, 2.45) is 0 Å². The van der Waals surface area contributed by atoms with Gasteiger partial charge in [-0.3, -0.25) is 4.79 Å². The second-order valence-corrected chi connectivity index (χ2v) is 5.26. The van der Waals surface area contributed by atoms with Gasteiger partial charge in [-0.15, -0.1) is 0 Å². The molecular weight excluding hydrogens is 265 g/mol. The fraction of sp³-hybridized carbons (Fsp3) is 0.429. The number of rotatable bonds is 4. The molecule has 0 unspecified atom stereocenters. The van der Waals surface area contributed by atoms with Gasteiger partial charge < -0.3 is 15.2 Å². The summed E-state index contributed by atoms with van der Waals surface area (Å²) in [7, 11) is 0. The number of nitrogens with one attached hydrogen (secondary N) is 1. The van der Waals surface area contributed by atoms with Crippen molar-refractivity contribution in [2.75, 3.05) is 6.61 Å². The lowest BCUT2D eigenvalue weighted by Gasteiger charge is -2.23. The normalized spacial score (nSPS) is 12.7. The molecule has 0 aliphatic heterocycles. The van der Waals surface area contributed by atoms with Gasteiger partial charge in [-0.05, 0) is 38.5 Å². The van der Waals surface area contributed by atoms with Crippen LogP contribution in [0.5, 0.6) is 0 Å². The number of carbonyl (C=O) groups is 2. The minimum Gasteiger partial charge on any atom is -0.444 e. The zero-order chi connectivity index (χ0) is 15.3. The maximum absolute atomic E-state index is 12.9. The summed E-state index contributed by atoms with van der Waals surface area (Å²) in [6, 6.07) is 4.00. The lowest BCUT2D eigenvalue weighted by Crippen LogP contribution is -2.39. The molecule has 5 nitrogen and oxygen atoms in total. The molecule has 0 spiro atoms. The molecule has 0 fully saturated rings. The Bertz CT molecular complexity index is 479. The minimum absolute atomic E-state index is 0.372. The van der Waals surface area contributed by atoms with E-state index in [9.17, 15) is 14.0 Å². The first-order valence-corrected chi connectivity index (χ1v) is 6.11. The predicted octanol–water partition coefficient (Wildman–Crippen LogP) is 1.95. The van der Waals surface area contributed by atoms with Gasteiger partial charge in [0, 0.05) is 0 Å². The van der Waals surface area contributed by atoms with Gasteiger partial charge in [0.1, 0.15) is 24.1 Å². The van der Waals surface area contributed by atoms with E-state index >= 15 is 0 Å². The Labute approximate surface area is 116 Å². The molecule has 110 valence electrons. The van der Waals surface area contributed by atoms with Gasteiger partial charge in [0.2, 0.25) is 0 Å². The highest BCUT2D eigenvalue weighted by Gasteiger charge is 2.25. The van der Waals surface area contributed by atoms with Crippen LogP contribution in [0.25, 0.3) is 0 Å². The third kappa shape index (κ3) is 4.97. The third-order valence-corrected chi connectivity index (χ3v) is 2.34. The molecule has 0 bridgehead atoms. The number of hydrogen-bond acceptors (Lipinski definition) is 4. The quantitative estimate of drug-likeness (QED) is 0.885. The number of aliphatic hydroxyl groups is 1. The van der Waals surface area contributed by atoms with Gasteiger partial charge >= 0.3 is 6.09 Å². The van der Waals surface area contributed by atoms with E-state index in [1.807, 2.05) is 0 Å². The number of halogens is 1. The van der Waals surface area contributed by atoms with Crippen molar-refractivity contribution in [3.8, 4) is 0 Å². The van der Waals surface area contributed by atoms with Crippen LogP contribution in [0.4, 0.5) is 9.18 Å². The summed E-state index contributed by atoms with van der Waals surface area (Å²) >= 11 is 0. The van der Waals surface area contributed by atoms with E-state index in [1.165, 1.54) is 24.3 Å². The summed E-state index contributed by atoms with van der Waals surface area (Å²) in [5, 5.41) is 11.3. The first kappa shape index (κ1) is 16.1. The van der Waals surface area contributed by atoms with Gasteiger partial charge in [-0.2, -0.15) is 0 Å². The van der Waals surface area contributed by atoms with Crippen molar-refractivity contribution in [2.45, 2.75) is 32.4 Å². The smallest absolute Gasteiger partial charge is 0.408 e. The van der Waals surface area contributed by atoms with Gasteiger partial charge in [0.05, 0.1) is 0 Å². The SMILES string of the molecule is CC(C)(C)OC(=O)N[C@@H](C(=O)CO)c1ccc(F)cc1. The van der Waals surface area contributed by atoms with E-state index in [4.69, 9.17) is 9.84 Å². The predicted molar refractivity (Wildman–Crippen MR) is 70.6 cm³/mol. The molecule has 0 aliphatic rings. The number of ketones is 1. The second-order valence-electron chi connectivity index (χ2n) is 5.26.